The van der Waals surface area contributed by atoms with Crippen LogP contribution in [0.1, 0.15) is 12.5 Å². The summed E-state index contributed by atoms with van der Waals surface area (Å²) in [6.07, 6.45) is 3.19. The summed E-state index contributed by atoms with van der Waals surface area (Å²) in [5, 5.41) is 10.9. The maximum atomic E-state index is 15.0. The van der Waals surface area contributed by atoms with Gasteiger partial charge in [0.25, 0.3) is 0 Å². The third kappa shape index (κ3) is 5.07. The van der Waals surface area contributed by atoms with Crippen LogP contribution in [-0.2, 0) is 15.9 Å². The number of aliphatic hydroxyl groups is 1. The molecule has 2 aromatic carbocycles. The van der Waals surface area contributed by atoms with Crippen molar-refractivity contribution in [3.8, 4) is 11.3 Å². The molecule has 176 valence electrons. The van der Waals surface area contributed by atoms with Crippen molar-refractivity contribution in [1.29, 1.82) is 0 Å². The van der Waals surface area contributed by atoms with E-state index in [9.17, 15) is 9.50 Å². The average Bonchev–Trinajstić information content (AvgIpc) is 2.87. The lowest BCUT2D eigenvalue weighted by molar-refractivity contribution is 0.122. The molecule has 7 nitrogen and oxygen atoms in total. The number of aliphatic imine (C=N–C) groups is 1. The maximum Gasteiger partial charge on any atom is 0.212 e. The molecule has 1 aromatic heterocycles. The van der Waals surface area contributed by atoms with Gasteiger partial charge in [0.1, 0.15) is 17.9 Å². The quantitative estimate of drug-likeness (QED) is 0.321. The minimum Gasteiger partial charge on any atom is -0.511 e. The summed E-state index contributed by atoms with van der Waals surface area (Å²) in [5.74, 6) is -0.0616. The van der Waals surface area contributed by atoms with Gasteiger partial charge in [-0.1, -0.05) is 12.6 Å². The number of halogens is 1. The van der Waals surface area contributed by atoms with E-state index in [1.807, 2.05) is 18.2 Å². The molecule has 1 saturated heterocycles. The van der Waals surface area contributed by atoms with Crippen LogP contribution in [0.3, 0.4) is 0 Å². The van der Waals surface area contributed by atoms with E-state index < -0.39 is 0 Å². The molecule has 0 atom stereocenters. The molecule has 8 heteroatoms. The highest BCUT2D eigenvalue weighted by atomic mass is 19.1. The molecule has 0 saturated carbocycles. The maximum absolute atomic E-state index is 15.0. The van der Waals surface area contributed by atoms with Gasteiger partial charge in [-0.05, 0) is 48.9 Å². The van der Waals surface area contributed by atoms with Crippen LogP contribution in [0.25, 0.3) is 22.2 Å². The molecule has 2 heterocycles. The van der Waals surface area contributed by atoms with E-state index >= 15 is 0 Å². The Morgan fingerprint density at radius 3 is 2.74 bits per heavy atom. The minimum atomic E-state index is -0.389. The summed E-state index contributed by atoms with van der Waals surface area (Å²) in [7, 11) is 1.48. The summed E-state index contributed by atoms with van der Waals surface area (Å²) < 4.78 is 25.5. The van der Waals surface area contributed by atoms with E-state index in [0.29, 0.717) is 30.2 Å². The number of hydrogen-bond acceptors (Lipinski definition) is 7. The summed E-state index contributed by atoms with van der Waals surface area (Å²) in [6.45, 7) is 8.22. The number of anilines is 1. The van der Waals surface area contributed by atoms with Crippen molar-refractivity contribution in [2.75, 3.05) is 38.3 Å². The van der Waals surface area contributed by atoms with Gasteiger partial charge in [0.05, 0.1) is 37.2 Å². The van der Waals surface area contributed by atoms with Crippen LogP contribution in [0.2, 0.25) is 0 Å². The van der Waals surface area contributed by atoms with Crippen molar-refractivity contribution in [2.45, 2.75) is 13.3 Å². The minimum absolute atomic E-state index is 0.0467. The second kappa shape index (κ2) is 10.4. The second-order valence-corrected chi connectivity index (χ2v) is 7.90. The van der Waals surface area contributed by atoms with Crippen LogP contribution in [0.15, 0.2) is 71.8 Å². The molecule has 1 N–H and O–H groups in total. The molecule has 3 aromatic rings. The zero-order valence-electron chi connectivity index (χ0n) is 19.3. The normalized spacial score (nSPS) is 15.3. The summed E-state index contributed by atoms with van der Waals surface area (Å²) in [4.78, 5) is 15.4. The molecule has 34 heavy (non-hydrogen) atoms. The first-order valence-electron chi connectivity index (χ1n) is 11.0. The molecular formula is C26H27FN4O3. The van der Waals surface area contributed by atoms with Crippen molar-refractivity contribution >= 4 is 22.5 Å². The fourth-order valence-electron chi connectivity index (χ4n) is 3.89. The number of allylic oxidation sites excluding steroid dienone is 2. The molecule has 1 aliphatic rings. The standard InChI is InChI=1S/C26H27FN4O3/c1-4-25(33-3)30-23(17(2)32)14-18-5-8-22(27)21(13-18)26-20-7-6-19(15-24(20)28-16-29-26)31-9-11-34-12-10-31/h4-8,13,15-16,32H,1,9-12,14H2,2-3H3/b23-17+,30-25?. The van der Waals surface area contributed by atoms with E-state index in [-0.39, 0.29) is 23.9 Å². The van der Waals surface area contributed by atoms with E-state index in [1.165, 1.54) is 25.6 Å². The van der Waals surface area contributed by atoms with Gasteiger partial charge in [0.15, 0.2) is 0 Å². The van der Waals surface area contributed by atoms with Gasteiger partial charge in [0, 0.05) is 36.1 Å². The molecule has 1 aliphatic heterocycles. The fraction of sp³-hybridized carbons (Fsp3) is 0.269. The number of nitrogens with zero attached hydrogens (tertiary/aromatic N) is 4. The molecule has 0 bridgehead atoms. The van der Waals surface area contributed by atoms with Crippen LogP contribution >= 0.6 is 0 Å². The Hall–Kier alpha value is -3.78. The monoisotopic (exact) mass is 462 g/mol. The first-order valence-corrected chi connectivity index (χ1v) is 11.0. The highest BCUT2D eigenvalue weighted by Crippen LogP contribution is 2.31. The van der Waals surface area contributed by atoms with Crippen LogP contribution in [0.4, 0.5) is 10.1 Å². The Morgan fingerprint density at radius 2 is 2.03 bits per heavy atom. The average molecular weight is 463 g/mol. The molecule has 0 aliphatic carbocycles. The smallest absolute Gasteiger partial charge is 0.212 e. The van der Waals surface area contributed by atoms with Crippen molar-refractivity contribution in [3.05, 3.63) is 78.2 Å². The van der Waals surface area contributed by atoms with Gasteiger partial charge in [0.2, 0.25) is 5.90 Å². The van der Waals surface area contributed by atoms with Crippen LogP contribution in [-0.4, -0.2) is 54.4 Å². The molecule has 1 fully saturated rings. The van der Waals surface area contributed by atoms with E-state index in [4.69, 9.17) is 9.47 Å². The third-order valence-electron chi connectivity index (χ3n) is 5.70. The molecule has 0 unspecified atom stereocenters. The summed E-state index contributed by atoms with van der Waals surface area (Å²) in [5.41, 5.74) is 3.83. The first kappa shape index (κ1) is 23.4. The lowest BCUT2D eigenvalue weighted by Gasteiger charge is -2.29. The molecule has 4 rings (SSSR count). The van der Waals surface area contributed by atoms with Crippen LogP contribution < -0.4 is 4.90 Å². The van der Waals surface area contributed by atoms with E-state index in [2.05, 4.69) is 26.4 Å². The molecular weight excluding hydrogens is 435 g/mol. The second-order valence-electron chi connectivity index (χ2n) is 7.90. The van der Waals surface area contributed by atoms with E-state index in [1.54, 1.807) is 19.1 Å². The number of aromatic nitrogens is 2. The summed E-state index contributed by atoms with van der Waals surface area (Å²) >= 11 is 0. The highest BCUT2D eigenvalue weighted by Gasteiger charge is 2.16. The van der Waals surface area contributed by atoms with Gasteiger partial charge in [-0.2, -0.15) is 0 Å². The fourth-order valence-corrected chi connectivity index (χ4v) is 3.89. The number of hydrogen-bond donors (Lipinski definition) is 1. The van der Waals surface area contributed by atoms with Gasteiger partial charge in [-0.15, -0.1) is 0 Å². The number of aliphatic hydroxyl groups excluding tert-OH is 1. The summed E-state index contributed by atoms with van der Waals surface area (Å²) in [6, 6.07) is 10.7. The highest BCUT2D eigenvalue weighted by molar-refractivity contribution is 5.94. The van der Waals surface area contributed by atoms with Crippen LogP contribution in [0.5, 0.6) is 0 Å². The van der Waals surface area contributed by atoms with Gasteiger partial charge < -0.3 is 19.5 Å². The number of rotatable bonds is 6. The SMILES string of the molecule is C=CC(=N/C(Cc1ccc(F)c(-c2ncnc3cc(N4CCOCC4)ccc23)c1)=C(\C)O)OC. The van der Waals surface area contributed by atoms with Crippen LogP contribution in [0, 0.1) is 5.82 Å². The Morgan fingerprint density at radius 1 is 1.24 bits per heavy atom. The Bertz CT molecular complexity index is 1260. The van der Waals surface area contributed by atoms with Crippen molar-refractivity contribution in [3.63, 3.8) is 0 Å². The Kier molecular flexibility index (Phi) is 7.18. The Balaban J connectivity index is 1.71. The number of benzene rings is 2. The zero-order valence-corrected chi connectivity index (χ0v) is 19.3. The largest absolute Gasteiger partial charge is 0.511 e. The zero-order chi connectivity index (χ0) is 24.1. The van der Waals surface area contributed by atoms with Crippen molar-refractivity contribution in [2.24, 2.45) is 4.99 Å². The molecule has 0 radical (unpaired) electrons. The molecule has 0 amide bonds. The van der Waals surface area contributed by atoms with Gasteiger partial charge in [-0.3, -0.25) is 0 Å². The van der Waals surface area contributed by atoms with Crippen molar-refractivity contribution in [1.82, 2.24) is 9.97 Å². The number of fused-ring (bicyclic) bond motifs is 1. The number of methoxy groups -OCH3 is 1. The number of morpholine rings is 1. The topological polar surface area (TPSA) is 80.1 Å². The van der Waals surface area contributed by atoms with E-state index in [0.717, 1.165) is 35.2 Å². The number of ether oxygens (including phenoxy) is 2. The van der Waals surface area contributed by atoms with Gasteiger partial charge in [-0.25, -0.2) is 19.4 Å². The lowest BCUT2D eigenvalue weighted by atomic mass is 10.0. The predicted molar refractivity (Wildman–Crippen MR) is 132 cm³/mol. The first-order chi connectivity index (χ1) is 16.5. The lowest BCUT2D eigenvalue weighted by Crippen LogP contribution is -2.36. The van der Waals surface area contributed by atoms with Crippen molar-refractivity contribution < 1.29 is 19.0 Å². The van der Waals surface area contributed by atoms with Gasteiger partial charge >= 0.3 is 0 Å². The predicted octanol–water partition coefficient (Wildman–Crippen LogP) is 4.84. The third-order valence-corrected chi connectivity index (χ3v) is 5.70. The molecule has 0 spiro atoms. The Labute approximate surface area is 197 Å².